The molecule has 0 atom stereocenters. The number of aliphatic hydroxyl groups excluding tert-OH is 1. The highest BCUT2D eigenvalue weighted by atomic mass is 16.3. The maximum atomic E-state index is 10.7. The van der Waals surface area contributed by atoms with Gasteiger partial charge in [0, 0.05) is 6.54 Å². The minimum absolute atomic E-state index is 0.265. The van der Waals surface area contributed by atoms with E-state index >= 15 is 0 Å². The molecule has 0 aliphatic carbocycles. The molecule has 1 aliphatic rings. The van der Waals surface area contributed by atoms with E-state index in [0.717, 1.165) is 25.9 Å². The number of aliphatic hydroxyl groups is 1. The average Bonchev–Trinajstić information content (AvgIpc) is 2.16. The van der Waals surface area contributed by atoms with Crippen molar-refractivity contribution in [3.8, 4) is 0 Å². The van der Waals surface area contributed by atoms with Crippen LogP contribution in [0.4, 0.5) is 0 Å². The summed E-state index contributed by atoms with van der Waals surface area (Å²) in [5, 5.41) is 11.2. The molecule has 0 radical (unpaired) electrons. The van der Waals surface area contributed by atoms with Gasteiger partial charge in [-0.05, 0) is 38.9 Å². The molecule has 2 N–H and O–H groups in total. The van der Waals surface area contributed by atoms with Crippen molar-refractivity contribution in [2.24, 2.45) is 5.92 Å². The van der Waals surface area contributed by atoms with E-state index in [0.29, 0.717) is 12.5 Å². The number of hydrogen-bond donors (Lipinski definition) is 2. The quantitative estimate of drug-likeness (QED) is 0.621. The molecule has 4 heteroatoms. The molecule has 1 amide bonds. The Morgan fingerprint density at radius 1 is 1.54 bits per heavy atom. The van der Waals surface area contributed by atoms with Gasteiger partial charge in [0.1, 0.15) is 6.61 Å². The molecule has 0 bridgehead atoms. The lowest BCUT2D eigenvalue weighted by atomic mass is 9.97. The third kappa shape index (κ3) is 3.74. The second-order valence-electron chi connectivity index (χ2n) is 3.71. The molecule has 1 saturated heterocycles. The monoisotopic (exact) mass is 186 g/mol. The van der Waals surface area contributed by atoms with Crippen LogP contribution in [0.3, 0.4) is 0 Å². The highest BCUT2D eigenvalue weighted by Gasteiger charge is 2.16. The van der Waals surface area contributed by atoms with Crippen LogP contribution in [0, 0.1) is 5.92 Å². The summed E-state index contributed by atoms with van der Waals surface area (Å²) in [4.78, 5) is 13.0. The zero-order chi connectivity index (χ0) is 9.68. The fourth-order valence-corrected chi connectivity index (χ4v) is 1.58. The lowest BCUT2D eigenvalue weighted by Crippen LogP contribution is -2.37. The van der Waals surface area contributed by atoms with Gasteiger partial charge in [-0.2, -0.15) is 0 Å². The summed E-state index contributed by atoms with van der Waals surface area (Å²) in [6.45, 7) is 2.54. The predicted molar refractivity (Wildman–Crippen MR) is 50.3 cm³/mol. The Hall–Kier alpha value is -0.610. The van der Waals surface area contributed by atoms with Gasteiger partial charge in [0.2, 0.25) is 5.91 Å². The summed E-state index contributed by atoms with van der Waals surface area (Å²) in [5.41, 5.74) is 0. The number of piperidine rings is 1. The van der Waals surface area contributed by atoms with Gasteiger partial charge in [0.05, 0.1) is 0 Å². The Morgan fingerprint density at radius 3 is 2.69 bits per heavy atom. The number of nitrogens with zero attached hydrogens (tertiary/aromatic N) is 1. The van der Waals surface area contributed by atoms with E-state index in [1.54, 1.807) is 0 Å². The van der Waals surface area contributed by atoms with Crippen LogP contribution < -0.4 is 5.32 Å². The second-order valence-corrected chi connectivity index (χ2v) is 3.71. The maximum Gasteiger partial charge on any atom is 0.245 e. The summed E-state index contributed by atoms with van der Waals surface area (Å²) < 4.78 is 0. The fourth-order valence-electron chi connectivity index (χ4n) is 1.58. The van der Waals surface area contributed by atoms with E-state index in [2.05, 4.69) is 17.3 Å². The molecule has 4 nitrogen and oxygen atoms in total. The van der Waals surface area contributed by atoms with E-state index in [1.807, 2.05) is 0 Å². The summed E-state index contributed by atoms with van der Waals surface area (Å²) in [6.07, 6.45) is 2.28. The van der Waals surface area contributed by atoms with E-state index < -0.39 is 6.61 Å². The van der Waals surface area contributed by atoms with Crippen molar-refractivity contribution in [2.45, 2.75) is 12.8 Å². The number of amides is 1. The first-order valence-corrected chi connectivity index (χ1v) is 4.78. The van der Waals surface area contributed by atoms with Gasteiger partial charge in [-0.1, -0.05) is 0 Å². The zero-order valence-corrected chi connectivity index (χ0v) is 8.12. The fraction of sp³-hybridized carbons (Fsp3) is 0.889. The summed E-state index contributed by atoms with van der Waals surface area (Å²) in [5.74, 6) is 0.325. The van der Waals surface area contributed by atoms with Gasteiger partial charge in [0.15, 0.2) is 0 Å². The van der Waals surface area contributed by atoms with E-state index in [-0.39, 0.29) is 5.91 Å². The molecule has 1 fully saturated rings. The lowest BCUT2D eigenvalue weighted by molar-refractivity contribution is -0.124. The van der Waals surface area contributed by atoms with Crippen LogP contribution in [0.5, 0.6) is 0 Å². The van der Waals surface area contributed by atoms with Crippen LogP contribution >= 0.6 is 0 Å². The minimum atomic E-state index is -0.396. The normalized spacial score (nSPS) is 20.2. The van der Waals surface area contributed by atoms with Gasteiger partial charge < -0.3 is 15.3 Å². The van der Waals surface area contributed by atoms with Gasteiger partial charge in [-0.3, -0.25) is 4.79 Å². The molecule has 76 valence electrons. The van der Waals surface area contributed by atoms with E-state index in [4.69, 9.17) is 5.11 Å². The van der Waals surface area contributed by atoms with Crippen molar-refractivity contribution in [1.29, 1.82) is 0 Å². The molecule has 0 saturated carbocycles. The van der Waals surface area contributed by atoms with Crippen molar-refractivity contribution < 1.29 is 9.90 Å². The van der Waals surface area contributed by atoms with E-state index in [1.165, 1.54) is 0 Å². The highest BCUT2D eigenvalue weighted by molar-refractivity contribution is 5.76. The average molecular weight is 186 g/mol. The molecular formula is C9H18N2O2. The van der Waals surface area contributed by atoms with Gasteiger partial charge in [0.25, 0.3) is 0 Å². The van der Waals surface area contributed by atoms with Crippen LogP contribution in [-0.2, 0) is 4.79 Å². The molecule has 0 aromatic carbocycles. The topological polar surface area (TPSA) is 52.6 Å². The third-order valence-corrected chi connectivity index (χ3v) is 2.57. The summed E-state index contributed by atoms with van der Waals surface area (Å²) in [7, 11) is 2.11. The van der Waals surface area contributed by atoms with Gasteiger partial charge in [-0.25, -0.2) is 0 Å². The molecule has 0 aromatic heterocycles. The standard InChI is InChI=1S/C9H18N2O2/c1-11-4-2-8(3-5-11)6-10-9(13)7-12/h8,12H,2-7H2,1H3,(H,10,13). The van der Waals surface area contributed by atoms with E-state index in [9.17, 15) is 4.79 Å². The van der Waals surface area contributed by atoms with Crippen LogP contribution in [0.1, 0.15) is 12.8 Å². The third-order valence-electron chi connectivity index (χ3n) is 2.57. The number of likely N-dealkylation sites (tertiary alicyclic amines) is 1. The first-order chi connectivity index (χ1) is 6.22. The van der Waals surface area contributed by atoms with Crippen molar-refractivity contribution in [3.63, 3.8) is 0 Å². The molecule has 0 aromatic rings. The Labute approximate surface area is 78.9 Å². The van der Waals surface area contributed by atoms with Crippen LogP contribution in [0.25, 0.3) is 0 Å². The predicted octanol–water partition coefficient (Wildman–Crippen LogP) is -0.563. The van der Waals surface area contributed by atoms with Crippen LogP contribution in [0.15, 0.2) is 0 Å². The molecule has 0 unspecified atom stereocenters. The van der Waals surface area contributed by atoms with Crippen molar-refractivity contribution in [3.05, 3.63) is 0 Å². The Morgan fingerprint density at radius 2 is 2.15 bits per heavy atom. The van der Waals surface area contributed by atoms with Gasteiger partial charge in [-0.15, -0.1) is 0 Å². The van der Waals surface area contributed by atoms with Gasteiger partial charge >= 0.3 is 0 Å². The number of nitrogens with one attached hydrogen (secondary N) is 1. The Bertz CT molecular complexity index is 165. The number of carbonyl (C=O) groups is 1. The maximum absolute atomic E-state index is 10.7. The zero-order valence-electron chi connectivity index (χ0n) is 8.12. The first-order valence-electron chi connectivity index (χ1n) is 4.78. The summed E-state index contributed by atoms with van der Waals surface area (Å²) >= 11 is 0. The van der Waals surface area contributed by atoms with Crippen molar-refractivity contribution in [2.75, 3.05) is 33.3 Å². The molecule has 0 spiro atoms. The SMILES string of the molecule is CN1CCC(CNC(=O)CO)CC1. The second kappa shape index (κ2) is 5.19. The molecule has 13 heavy (non-hydrogen) atoms. The van der Waals surface area contributed by atoms with Crippen LogP contribution in [-0.4, -0.2) is 49.2 Å². The molecular weight excluding hydrogens is 168 g/mol. The smallest absolute Gasteiger partial charge is 0.245 e. The minimum Gasteiger partial charge on any atom is -0.387 e. The molecule has 1 heterocycles. The van der Waals surface area contributed by atoms with Crippen molar-refractivity contribution in [1.82, 2.24) is 10.2 Å². The Kier molecular flexibility index (Phi) is 4.18. The molecule has 1 rings (SSSR count). The molecule has 1 aliphatic heterocycles. The number of carbonyl (C=O) groups excluding carboxylic acids is 1. The number of hydrogen-bond acceptors (Lipinski definition) is 3. The summed E-state index contributed by atoms with van der Waals surface area (Å²) in [6, 6.07) is 0. The largest absolute Gasteiger partial charge is 0.387 e. The Balaban J connectivity index is 2.12. The van der Waals surface area contributed by atoms with Crippen LogP contribution in [0.2, 0.25) is 0 Å². The number of rotatable bonds is 3. The highest BCUT2D eigenvalue weighted by Crippen LogP contribution is 2.14. The van der Waals surface area contributed by atoms with Crippen molar-refractivity contribution >= 4 is 5.91 Å². The lowest BCUT2D eigenvalue weighted by Gasteiger charge is -2.28. The first kappa shape index (κ1) is 10.5.